The molecule has 2 saturated heterocycles. The Morgan fingerprint density at radius 2 is 1.19 bits per heavy atom. The molecule has 376 valence electrons. The number of nitrogens with one attached hydrogen (secondary N) is 6. The summed E-state index contributed by atoms with van der Waals surface area (Å²) in [6.45, 7) is 3.75. The summed E-state index contributed by atoms with van der Waals surface area (Å²) in [6.07, 6.45) is -0.304. The van der Waals surface area contributed by atoms with Gasteiger partial charge >= 0.3 is 5.97 Å². The molecule has 2 rings (SSSR count). The molecule has 0 radical (unpaired) electrons. The van der Waals surface area contributed by atoms with Crippen molar-refractivity contribution in [3.63, 3.8) is 0 Å². The largest absolute Gasteiger partial charge is 0.480 e. The second kappa shape index (κ2) is 27.5. The van der Waals surface area contributed by atoms with Crippen LogP contribution < -0.4 is 54.8 Å². The quantitative estimate of drug-likeness (QED) is 0.0347. The number of nitrogens with zero attached hydrogens (tertiary/aromatic N) is 2. The SMILES string of the molecule is CSCC[C@H](NC(=O)[C@@H](N)CCC(N)=O)C(=O)N[C@H](C(=O)N1CCC[C@H]1C(=O)N[C@H](C(=O)N[C@@H](CC(N)=O)C(=O)N1CCC[C@H]1C(=O)NCC(=O)N[C@@H](CCC(N)=O)C(=O)O)C(C)C)[C@@H](C)O. The number of carboxylic acid groups (broad SMARTS) is 1. The van der Waals surface area contributed by atoms with E-state index in [1.165, 1.54) is 18.7 Å². The summed E-state index contributed by atoms with van der Waals surface area (Å²) in [5.74, 6) is -10.8. The highest BCUT2D eigenvalue weighted by Gasteiger charge is 2.43. The highest BCUT2D eigenvalue weighted by Crippen LogP contribution is 2.22. The molecular formula is C40H66N12O14S. The second-order valence-corrected chi connectivity index (χ2v) is 17.7. The monoisotopic (exact) mass is 970 g/mol. The van der Waals surface area contributed by atoms with Gasteiger partial charge in [-0.1, -0.05) is 13.8 Å². The Kier molecular flexibility index (Phi) is 23.4. The van der Waals surface area contributed by atoms with Gasteiger partial charge in [-0.2, -0.15) is 11.8 Å². The van der Waals surface area contributed by atoms with Gasteiger partial charge in [0, 0.05) is 25.9 Å². The van der Waals surface area contributed by atoms with E-state index in [2.05, 4.69) is 31.9 Å². The van der Waals surface area contributed by atoms with E-state index in [-0.39, 0.29) is 58.0 Å². The van der Waals surface area contributed by atoms with E-state index in [1.54, 1.807) is 20.1 Å². The molecule has 0 aliphatic carbocycles. The lowest BCUT2D eigenvalue weighted by molar-refractivity contribution is -0.145. The van der Waals surface area contributed by atoms with Crippen LogP contribution >= 0.6 is 11.8 Å². The van der Waals surface area contributed by atoms with Gasteiger partial charge in [0.2, 0.25) is 65.0 Å². The van der Waals surface area contributed by atoms with E-state index in [4.69, 9.17) is 22.9 Å². The van der Waals surface area contributed by atoms with Crippen LogP contribution in [0.2, 0.25) is 0 Å². The van der Waals surface area contributed by atoms with Gasteiger partial charge in [-0.15, -0.1) is 0 Å². The maximum atomic E-state index is 14.0. The molecule has 2 aliphatic rings. The third-order valence-electron chi connectivity index (χ3n) is 11.0. The number of rotatable bonds is 28. The molecule has 0 aromatic carbocycles. The number of aliphatic hydroxyl groups excluding tert-OH is 1. The summed E-state index contributed by atoms with van der Waals surface area (Å²) in [4.78, 5) is 156. The van der Waals surface area contributed by atoms with E-state index >= 15 is 0 Å². The van der Waals surface area contributed by atoms with Crippen LogP contribution in [0, 0.1) is 5.92 Å². The molecule has 0 aromatic heterocycles. The number of hydrogen-bond acceptors (Lipinski definition) is 15. The van der Waals surface area contributed by atoms with Crippen LogP contribution in [0.25, 0.3) is 0 Å². The van der Waals surface area contributed by atoms with E-state index in [0.29, 0.717) is 18.6 Å². The Bertz CT molecular complexity index is 1850. The topological polar surface area (TPSA) is 428 Å². The first-order valence-corrected chi connectivity index (χ1v) is 23.2. The predicted octanol–water partition coefficient (Wildman–Crippen LogP) is -5.88. The second-order valence-electron chi connectivity index (χ2n) is 16.7. The first-order valence-electron chi connectivity index (χ1n) is 21.8. The lowest BCUT2D eigenvalue weighted by atomic mass is 10.0. The Labute approximate surface area is 391 Å². The van der Waals surface area contributed by atoms with Crippen LogP contribution in [0.4, 0.5) is 0 Å². The highest BCUT2D eigenvalue weighted by atomic mass is 32.2. The Hall–Kier alpha value is -6.09. The van der Waals surface area contributed by atoms with Gasteiger partial charge in [-0.25, -0.2) is 4.79 Å². The molecule has 0 unspecified atom stereocenters. The normalized spacial score (nSPS) is 18.8. The number of thioether (sulfide) groups is 1. The molecule has 67 heavy (non-hydrogen) atoms. The molecule has 9 atom stereocenters. The molecule has 2 heterocycles. The van der Waals surface area contributed by atoms with Crippen LogP contribution in [0.1, 0.15) is 85.0 Å². The third kappa shape index (κ3) is 18.3. The van der Waals surface area contributed by atoms with Crippen LogP contribution in [-0.2, 0) is 57.5 Å². The van der Waals surface area contributed by atoms with Gasteiger partial charge < -0.3 is 74.8 Å². The van der Waals surface area contributed by atoms with E-state index in [9.17, 15) is 67.7 Å². The first-order chi connectivity index (χ1) is 31.4. The number of likely N-dealkylation sites (tertiary alicyclic amines) is 2. The number of carbonyl (C=O) groups is 12. The van der Waals surface area contributed by atoms with Crippen molar-refractivity contribution in [2.24, 2.45) is 28.9 Å². The summed E-state index contributed by atoms with van der Waals surface area (Å²) < 4.78 is 0. The van der Waals surface area contributed by atoms with Crippen molar-refractivity contribution in [1.82, 2.24) is 41.7 Å². The molecule has 16 N–H and O–H groups in total. The average Bonchev–Trinajstić information content (AvgIpc) is 3.95. The number of carboxylic acids is 1. The number of hydrogen-bond donors (Lipinski definition) is 12. The lowest BCUT2D eigenvalue weighted by Gasteiger charge is -2.33. The van der Waals surface area contributed by atoms with Crippen LogP contribution in [0.3, 0.4) is 0 Å². The summed E-state index contributed by atoms with van der Waals surface area (Å²) in [5.41, 5.74) is 21.5. The Morgan fingerprint density at radius 3 is 1.72 bits per heavy atom. The van der Waals surface area contributed by atoms with E-state index in [1.807, 2.05) is 0 Å². The number of aliphatic hydroxyl groups is 1. The average molecular weight is 971 g/mol. The molecule has 0 bridgehead atoms. The maximum absolute atomic E-state index is 14.0. The minimum Gasteiger partial charge on any atom is -0.480 e. The van der Waals surface area contributed by atoms with Crippen LogP contribution in [-0.4, -0.2) is 177 Å². The number of aliphatic carboxylic acids is 1. The minimum absolute atomic E-state index is 0.00588. The zero-order valence-electron chi connectivity index (χ0n) is 38.1. The van der Waals surface area contributed by atoms with Crippen molar-refractivity contribution in [3.05, 3.63) is 0 Å². The number of amides is 11. The highest BCUT2D eigenvalue weighted by molar-refractivity contribution is 7.98. The Morgan fingerprint density at radius 1 is 0.642 bits per heavy atom. The summed E-state index contributed by atoms with van der Waals surface area (Å²) in [6, 6.07) is -10.7. The maximum Gasteiger partial charge on any atom is 0.326 e. The van der Waals surface area contributed by atoms with Crippen LogP contribution in [0.5, 0.6) is 0 Å². The van der Waals surface area contributed by atoms with Crippen molar-refractivity contribution in [2.45, 2.75) is 139 Å². The first kappa shape index (κ1) is 57.0. The van der Waals surface area contributed by atoms with Gasteiger partial charge in [-0.3, -0.25) is 52.7 Å². The van der Waals surface area contributed by atoms with Crippen molar-refractivity contribution in [1.29, 1.82) is 0 Å². The minimum atomic E-state index is -1.61. The molecule has 0 saturated carbocycles. The molecule has 0 aromatic rings. The molecular weight excluding hydrogens is 905 g/mol. The molecule has 2 aliphatic heterocycles. The summed E-state index contributed by atoms with van der Waals surface area (Å²) in [7, 11) is 0. The Balaban J connectivity index is 2.19. The van der Waals surface area contributed by atoms with Gasteiger partial charge in [0.1, 0.15) is 42.3 Å². The van der Waals surface area contributed by atoms with Crippen molar-refractivity contribution in [3.8, 4) is 0 Å². The standard InChI is InChI=1S/C40H66N12O14S/c1-19(2)31(37(62)48-24(17-29(44)56)38(63)51-14-5-7-25(51)35(60)45-18-30(57)46-23(40(65)66)10-12-28(43)55)49-36(61)26-8-6-15-52(26)39(64)32(20(3)53)50-34(59)22(13-16-67-4)47-33(58)21(41)9-11-27(42)54/h19-26,31-32,53H,5-18,41H2,1-4H3,(H2,42,54)(H2,43,55)(H2,44,56)(H,45,60)(H,46,57)(H,47,58)(H,48,62)(H,49,61)(H,50,59)(H,65,66)/t20-,21+,22+,23+,24+,25+,26+,31+,32+/m1/s1. The smallest absolute Gasteiger partial charge is 0.326 e. The van der Waals surface area contributed by atoms with Crippen LogP contribution in [0.15, 0.2) is 0 Å². The number of primary amides is 3. The van der Waals surface area contributed by atoms with Crippen molar-refractivity contribution >= 4 is 82.7 Å². The molecule has 2 fully saturated rings. The molecule has 27 heteroatoms. The zero-order chi connectivity index (χ0) is 50.7. The fourth-order valence-corrected chi connectivity index (χ4v) is 7.83. The fraction of sp³-hybridized carbons (Fsp3) is 0.700. The van der Waals surface area contributed by atoms with Crippen molar-refractivity contribution in [2.75, 3.05) is 31.6 Å². The van der Waals surface area contributed by atoms with Gasteiger partial charge in [0.05, 0.1) is 25.1 Å². The summed E-state index contributed by atoms with van der Waals surface area (Å²) in [5, 5.41) is 34.6. The molecule has 26 nitrogen and oxygen atoms in total. The number of carbonyl (C=O) groups excluding carboxylic acids is 11. The van der Waals surface area contributed by atoms with Gasteiger partial charge in [-0.05, 0) is 69.8 Å². The van der Waals surface area contributed by atoms with E-state index in [0.717, 1.165) is 9.80 Å². The molecule has 11 amide bonds. The predicted molar refractivity (Wildman–Crippen MR) is 238 cm³/mol. The molecule has 0 spiro atoms. The lowest BCUT2D eigenvalue weighted by Crippen LogP contribution is -2.62. The third-order valence-corrected chi connectivity index (χ3v) is 11.7. The fourth-order valence-electron chi connectivity index (χ4n) is 7.36. The summed E-state index contributed by atoms with van der Waals surface area (Å²) >= 11 is 1.37. The van der Waals surface area contributed by atoms with E-state index < -0.39 is 144 Å². The number of nitrogens with two attached hydrogens (primary N) is 4. The van der Waals surface area contributed by atoms with Gasteiger partial charge in [0.25, 0.3) is 0 Å². The zero-order valence-corrected chi connectivity index (χ0v) is 38.9. The van der Waals surface area contributed by atoms with Gasteiger partial charge in [0.15, 0.2) is 0 Å². The van der Waals surface area contributed by atoms with Crippen molar-refractivity contribution < 1.29 is 67.7 Å².